The van der Waals surface area contributed by atoms with Crippen LogP contribution >= 0.6 is 37.2 Å². The molecule has 1 aliphatic rings. The van der Waals surface area contributed by atoms with Crippen molar-refractivity contribution < 1.29 is 20.4 Å². The summed E-state index contributed by atoms with van der Waals surface area (Å²) in [4.78, 5) is 0. The zero-order chi connectivity index (χ0) is 30.8. The van der Waals surface area contributed by atoms with Gasteiger partial charge in [0, 0.05) is 0 Å². The Kier molecular flexibility index (Phi) is 13.6. The molecule has 3 aromatic carbocycles. The summed E-state index contributed by atoms with van der Waals surface area (Å²) in [5.41, 5.74) is 4.55. The van der Waals surface area contributed by atoms with Crippen LogP contribution in [0.3, 0.4) is 0 Å². The molecule has 1 atom stereocenters. The van der Waals surface area contributed by atoms with Gasteiger partial charge in [-0.25, -0.2) is 0 Å². The summed E-state index contributed by atoms with van der Waals surface area (Å²) in [5.74, 6) is 0. The average Bonchev–Trinajstić information content (AvgIpc) is 3.04. The van der Waals surface area contributed by atoms with Crippen LogP contribution in [0.4, 0.5) is 0 Å². The Hall–Kier alpha value is -0.408. The molecule has 0 nitrogen and oxygen atoms in total. The molecule has 0 saturated carbocycles. The molecule has 1 unspecified atom stereocenters. The number of benzene rings is 3. The van der Waals surface area contributed by atoms with E-state index in [2.05, 4.69) is 180 Å². The maximum absolute atomic E-state index is 2.70. The van der Waals surface area contributed by atoms with Crippen molar-refractivity contribution in [3.05, 3.63) is 93.4 Å². The first-order valence-corrected chi connectivity index (χ1v) is 28.5. The first-order valence-electron chi connectivity index (χ1n) is 15.2. The van der Waals surface area contributed by atoms with Crippen LogP contribution in [0, 0.1) is 0 Å². The van der Waals surface area contributed by atoms with Crippen LogP contribution in [-0.4, -0.2) is 32.3 Å². The Balaban J connectivity index is 0.00000323. The quantitative estimate of drug-likeness (QED) is 0.170. The normalized spacial score (nSPS) is 17.5. The van der Waals surface area contributed by atoms with Gasteiger partial charge in [0.25, 0.3) is 0 Å². The van der Waals surface area contributed by atoms with Crippen LogP contribution in [0.1, 0.15) is 27.7 Å². The van der Waals surface area contributed by atoms with Crippen molar-refractivity contribution in [2.24, 2.45) is 0 Å². The van der Waals surface area contributed by atoms with Gasteiger partial charge < -0.3 is 0 Å². The van der Waals surface area contributed by atoms with Crippen LogP contribution in [-0.2, 0) is 20.4 Å². The molecule has 0 fully saturated rings. The molecule has 4 rings (SSSR count). The van der Waals surface area contributed by atoms with Crippen molar-refractivity contribution in [1.29, 1.82) is 0 Å². The summed E-state index contributed by atoms with van der Waals surface area (Å²) in [6.07, 6.45) is 0. The van der Waals surface area contributed by atoms with Gasteiger partial charge in [-0.1, -0.05) is 0 Å². The molecule has 0 radical (unpaired) electrons. The van der Waals surface area contributed by atoms with E-state index in [1.54, 1.807) is 40.6 Å². The molecule has 0 amide bonds. The number of rotatable bonds is 7. The Labute approximate surface area is 303 Å². The minimum Gasteiger partial charge on any atom is -0.147 e. The second kappa shape index (κ2) is 14.4. The second-order valence-electron chi connectivity index (χ2n) is 15.6. The van der Waals surface area contributed by atoms with Gasteiger partial charge in [0.2, 0.25) is 0 Å². The molecule has 0 aromatic heterocycles. The number of hydrogen-bond acceptors (Lipinski definition) is 0. The fourth-order valence-corrected chi connectivity index (χ4v) is 18.5. The molecule has 0 bridgehead atoms. The SMILES string of the molecule is CC1=C(C)C(C)([Si](c2cccc([Si](C)(C)C)c2)(c2cccc([Si](C)(C)C)c2)c2cccc([Si](C)(C)C)c2)[C]([Ti])=C1C.Cl.Cl.Cl. The van der Waals surface area contributed by atoms with E-state index in [-0.39, 0.29) is 42.3 Å². The van der Waals surface area contributed by atoms with Crippen LogP contribution in [0.5, 0.6) is 0 Å². The molecule has 8 heteroatoms. The zero-order valence-electron chi connectivity index (χ0n) is 29.2. The van der Waals surface area contributed by atoms with Gasteiger partial charge in [-0.2, -0.15) is 0 Å². The number of hydrogen-bond donors (Lipinski definition) is 0. The van der Waals surface area contributed by atoms with E-state index in [1.807, 2.05) is 0 Å². The molecule has 1 aliphatic carbocycles. The molecule has 0 saturated heterocycles. The fraction of sp³-hybridized carbons (Fsp3) is 0.389. The van der Waals surface area contributed by atoms with Crippen molar-refractivity contribution >= 4 is 101 Å². The maximum Gasteiger partial charge on any atom is -0.147 e. The minimum atomic E-state index is -2.70. The summed E-state index contributed by atoms with van der Waals surface area (Å²) in [6, 6.07) is 29.9. The third kappa shape index (κ3) is 7.05. The molecule has 0 N–H and O–H groups in total. The molecular formula is C36H54Cl3Si4Ti. The van der Waals surface area contributed by atoms with Gasteiger partial charge in [0.05, 0.1) is 0 Å². The van der Waals surface area contributed by atoms with E-state index in [0.717, 1.165) is 0 Å². The summed E-state index contributed by atoms with van der Waals surface area (Å²) in [5, 5.41) is 9.33. The van der Waals surface area contributed by atoms with E-state index in [0.29, 0.717) is 0 Å². The first-order chi connectivity index (χ1) is 18.8. The van der Waals surface area contributed by atoms with Crippen LogP contribution in [0.15, 0.2) is 93.4 Å². The van der Waals surface area contributed by atoms with Crippen LogP contribution < -0.4 is 31.1 Å². The molecule has 44 heavy (non-hydrogen) atoms. The Morgan fingerprint density at radius 3 is 0.977 bits per heavy atom. The van der Waals surface area contributed by atoms with E-state index in [1.165, 1.54) is 11.1 Å². The molecule has 3 aromatic rings. The first kappa shape index (κ1) is 41.6. The summed E-state index contributed by atoms with van der Waals surface area (Å²) in [6.45, 7) is 32.3. The number of halogens is 3. The third-order valence-electron chi connectivity index (χ3n) is 9.98. The number of allylic oxidation sites excluding steroid dienone is 4. The summed E-state index contributed by atoms with van der Waals surface area (Å²) in [7, 11) is -7.32. The van der Waals surface area contributed by atoms with Crippen LogP contribution in [0.25, 0.3) is 0 Å². The predicted molar refractivity (Wildman–Crippen MR) is 214 cm³/mol. The molecule has 239 valence electrons. The third-order valence-corrected chi connectivity index (χ3v) is 23.5. The van der Waals surface area contributed by atoms with E-state index in [4.69, 9.17) is 0 Å². The van der Waals surface area contributed by atoms with Crippen molar-refractivity contribution in [1.82, 2.24) is 0 Å². The molecular weight excluding hydrogens is 699 g/mol. The van der Waals surface area contributed by atoms with Crippen molar-refractivity contribution in [3.8, 4) is 0 Å². The predicted octanol–water partition coefficient (Wildman–Crippen LogP) is 7.99. The van der Waals surface area contributed by atoms with Gasteiger partial charge in [-0.15, -0.1) is 37.2 Å². The molecule has 0 aliphatic heterocycles. The van der Waals surface area contributed by atoms with Crippen LogP contribution in [0.2, 0.25) is 64.0 Å². The van der Waals surface area contributed by atoms with Crippen molar-refractivity contribution in [2.45, 2.75) is 91.7 Å². The fourth-order valence-electron chi connectivity index (χ4n) is 6.90. The van der Waals surface area contributed by atoms with Gasteiger partial charge >= 0.3 is 269 Å². The molecule has 0 heterocycles. The standard InChI is InChI=1S/C36H51Si4.3ClH.Ti/c1-27-26-36(4,29(3)28(27)2)40(33-20-14-17-30(23-33)37(5,6)7,34-21-15-18-31(24-34)38(8,9)10)35-22-16-19-32(25-35)39(11,12)13;;;;/h14-25H,1-13H3;3*1H;. The van der Waals surface area contributed by atoms with Gasteiger partial charge in [-0.3, -0.25) is 0 Å². The Bertz CT molecular complexity index is 1390. The second-order valence-corrected chi connectivity index (χ2v) is 35.9. The van der Waals surface area contributed by atoms with E-state index >= 15 is 0 Å². The Morgan fingerprint density at radius 2 is 0.750 bits per heavy atom. The summed E-state index contributed by atoms with van der Waals surface area (Å²) < 4.78 is 1.56. The van der Waals surface area contributed by atoms with Gasteiger partial charge in [-0.05, 0) is 0 Å². The largest absolute Gasteiger partial charge is 0.147 e. The smallest absolute Gasteiger partial charge is 0.147 e. The zero-order valence-corrected chi connectivity index (χ0v) is 37.2. The van der Waals surface area contributed by atoms with E-state index < -0.39 is 32.3 Å². The molecule has 0 spiro atoms. The summed E-state index contributed by atoms with van der Waals surface area (Å²) >= 11 is 2.45. The van der Waals surface area contributed by atoms with Gasteiger partial charge in [0.1, 0.15) is 0 Å². The average molecular weight is 753 g/mol. The Morgan fingerprint density at radius 1 is 0.477 bits per heavy atom. The van der Waals surface area contributed by atoms with E-state index in [9.17, 15) is 0 Å². The minimum absolute atomic E-state index is 0. The topological polar surface area (TPSA) is 0 Å². The monoisotopic (exact) mass is 751 g/mol. The van der Waals surface area contributed by atoms with Crippen molar-refractivity contribution in [3.63, 3.8) is 0 Å². The van der Waals surface area contributed by atoms with Crippen molar-refractivity contribution in [2.75, 3.05) is 0 Å². The van der Waals surface area contributed by atoms with Gasteiger partial charge in [0.15, 0.2) is 0 Å². The maximum atomic E-state index is 2.66.